The van der Waals surface area contributed by atoms with Crippen LogP contribution in [-0.2, 0) is 20.1 Å². The lowest BCUT2D eigenvalue weighted by Gasteiger charge is -2.27. The highest BCUT2D eigenvalue weighted by molar-refractivity contribution is 5.79. The van der Waals surface area contributed by atoms with Crippen molar-refractivity contribution < 1.29 is 0 Å². The van der Waals surface area contributed by atoms with Gasteiger partial charge in [-0.1, -0.05) is 0 Å². The molecule has 0 spiro atoms. The maximum atomic E-state index is 4.72. The number of aromatic nitrogens is 3. The maximum Gasteiger partial charge on any atom is 0.191 e. The zero-order valence-corrected chi connectivity index (χ0v) is 15.8. The predicted octanol–water partition coefficient (Wildman–Crippen LogP) is 2.06. The number of hydrogen-bond donors (Lipinski definition) is 2. The van der Waals surface area contributed by atoms with Gasteiger partial charge in [0.2, 0.25) is 0 Å². The zero-order chi connectivity index (χ0) is 18.2. The second kappa shape index (κ2) is 9.22. The molecule has 2 aromatic heterocycles. The molecular weight excluding hydrogens is 326 g/mol. The molecule has 0 radical (unpaired) electrons. The highest BCUT2D eigenvalue weighted by Crippen LogP contribution is 2.18. The Bertz CT molecular complexity index is 716. The second-order valence-corrected chi connectivity index (χ2v) is 6.56. The van der Waals surface area contributed by atoms with Gasteiger partial charge in [-0.25, -0.2) is 9.98 Å². The Balaban J connectivity index is 1.62. The van der Waals surface area contributed by atoms with Crippen LogP contribution in [0.4, 0.5) is 5.82 Å². The minimum absolute atomic E-state index is 0.629. The molecule has 3 heterocycles. The summed E-state index contributed by atoms with van der Waals surface area (Å²) in [4.78, 5) is 11.6. The first-order chi connectivity index (χ1) is 12.8. The van der Waals surface area contributed by atoms with E-state index in [1.807, 2.05) is 30.1 Å². The summed E-state index contributed by atoms with van der Waals surface area (Å²) in [6, 6.07) is 6.21. The number of aliphatic imine (C=N–C) groups is 1. The normalized spacial score (nSPS) is 15.2. The number of nitrogens with zero attached hydrogens (tertiary/aromatic N) is 5. The van der Waals surface area contributed by atoms with Crippen molar-refractivity contribution in [3.8, 4) is 0 Å². The number of rotatable bonds is 6. The van der Waals surface area contributed by atoms with Crippen LogP contribution in [-0.4, -0.2) is 40.4 Å². The largest absolute Gasteiger partial charge is 0.357 e. The molecular formula is C19H29N7. The highest BCUT2D eigenvalue weighted by Gasteiger charge is 2.12. The van der Waals surface area contributed by atoms with Gasteiger partial charge in [-0.15, -0.1) is 0 Å². The number of hydrogen-bond acceptors (Lipinski definition) is 4. The first-order valence-electron chi connectivity index (χ1n) is 9.45. The van der Waals surface area contributed by atoms with Gasteiger partial charge in [-0.05, 0) is 49.9 Å². The van der Waals surface area contributed by atoms with Gasteiger partial charge in [0.25, 0.3) is 0 Å². The predicted molar refractivity (Wildman–Crippen MR) is 105 cm³/mol. The van der Waals surface area contributed by atoms with Crippen molar-refractivity contribution in [1.82, 2.24) is 25.4 Å². The van der Waals surface area contributed by atoms with Gasteiger partial charge in [0, 0.05) is 39.1 Å². The van der Waals surface area contributed by atoms with Crippen molar-refractivity contribution in [2.24, 2.45) is 12.0 Å². The summed E-state index contributed by atoms with van der Waals surface area (Å²) in [5.41, 5.74) is 2.30. The van der Waals surface area contributed by atoms with E-state index in [9.17, 15) is 0 Å². The van der Waals surface area contributed by atoms with E-state index >= 15 is 0 Å². The van der Waals surface area contributed by atoms with Gasteiger partial charge in [0.1, 0.15) is 5.82 Å². The molecule has 1 aliphatic heterocycles. The molecule has 2 aromatic rings. The van der Waals surface area contributed by atoms with Gasteiger partial charge in [-0.3, -0.25) is 4.68 Å². The molecule has 26 heavy (non-hydrogen) atoms. The van der Waals surface area contributed by atoms with Crippen molar-refractivity contribution in [3.05, 3.63) is 41.9 Å². The molecule has 0 amide bonds. The quantitative estimate of drug-likeness (QED) is 0.613. The van der Waals surface area contributed by atoms with Crippen molar-refractivity contribution in [2.45, 2.75) is 39.3 Å². The van der Waals surface area contributed by atoms with Crippen LogP contribution in [0.5, 0.6) is 0 Å². The van der Waals surface area contributed by atoms with E-state index in [1.165, 1.54) is 24.8 Å². The van der Waals surface area contributed by atoms with Crippen molar-refractivity contribution in [2.75, 3.05) is 24.5 Å². The lowest BCUT2D eigenvalue weighted by molar-refractivity contribution is 0.573. The Kier molecular flexibility index (Phi) is 6.46. The van der Waals surface area contributed by atoms with Crippen LogP contribution in [0.1, 0.15) is 37.4 Å². The molecule has 0 atom stereocenters. The third kappa shape index (κ3) is 4.97. The monoisotopic (exact) mass is 355 g/mol. The summed E-state index contributed by atoms with van der Waals surface area (Å²) in [5, 5.41) is 10.9. The number of anilines is 1. The molecule has 0 aliphatic carbocycles. The van der Waals surface area contributed by atoms with Gasteiger partial charge in [0.15, 0.2) is 5.96 Å². The molecule has 1 fully saturated rings. The van der Waals surface area contributed by atoms with Crippen LogP contribution >= 0.6 is 0 Å². The summed E-state index contributed by atoms with van der Waals surface area (Å²) in [7, 11) is 1.94. The van der Waals surface area contributed by atoms with Crippen LogP contribution in [0.15, 0.2) is 35.6 Å². The van der Waals surface area contributed by atoms with Crippen LogP contribution in [0.3, 0.4) is 0 Å². The summed E-state index contributed by atoms with van der Waals surface area (Å²) in [5.74, 6) is 1.88. The van der Waals surface area contributed by atoms with Crippen LogP contribution < -0.4 is 15.5 Å². The second-order valence-electron chi connectivity index (χ2n) is 6.56. The number of piperidine rings is 1. The number of guanidine groups is 1. The smallest absolute Gasteiger partial charge is 0.191 e. The molecule has 0 aromatic carbocycles. The summed E-state index contributed by atoms with van der Waals surface area (Å²) in [6.45, 7) is 6.43. The lowest BCUT2D eigenvalue weighted by Crippen LogP contribution is -2.37. The van der Waals surface area contributed by atoms with Crippen molar-refractivity contribution >= 4 is 11.8 Å². The summed E-state index contributed by atoms with van der Waals surface area (Å²) in [6.07, 6.45) is 7.54. The third-order valence-electron chi connectivity index (χ3n) is 4.61. The van der Waals surface area contributed by atoms with Crippen LogP contribution in [0.25, 0.3) is 0 Å². The molecule has 1 aliphatic rings. The van der Waals surface area contributed by atoms with E-state index in [4.69, 9.17) is 4.99 Å². The number of aryl methyl sites for hydroxylation is 1. The SMILES string of the molecule is CCNC(=NCc1ccnc(N2CCCCC2)c1)NCc1ccnn1C. The van der Waals surface area contributed by atoms with Gasteiger partial charge < -0.3 is 15.5 Å². The third-order valence-corrected chi connectivity index (χ3v) is 4.61. The van der Waals surface area contributed by atoms with Crippen molar-refractivity contribution in [1.29, 1.82) is 0 Å². The minimum atomic E-state index is 0.629. The van der Waals surface area contributed by atoms with E-state index in [0.717, 1.165) is 37.1 Å². The molecule has 2 N–H and O–H groups in total. The number of nitrogens with one attached hydrogen (secondary N) is 2. The van der Waals surface area contributed by atoms with Crippen LogP contribution in [0, 0.1) is 0 Å². The molecule has 0 bridgehead atoms. The van der Waals surface area contributed by atoms with Gasteiger partial charge in [0.05, 0.1) is 18.8 Å². The fourth-order valence-corrected chi connectivity index (χ4v) is 3.12. The number of pyridine rings is 1. The first-order valence-corrected chi connectivity index (χ1v) is 9.45. The van der Waals surface area contributed by atoms with E-state index in [-0.39, 0.29) is 0 Å². The Morgan fingerprint density at radius 2 is 2.00 bits per heavy atom. The maximum absolute atomic E-state index is 4.72. The summed E-state index contributed by atoms with van der Waals surface area (Å²) >= 11 is 0. The van der Waals surface area contributed by atoms with Gasteiger partial charge >= 0.3 is 0 Å². The fourth-order valence-electron chi connectivity index (χ4n) is 3.12. The summed E-state index contributed by atoms with van der Waals surface area (Å²) < 4.78 is 1.87. The van der Waals surface area contributed by atoms with E-state index in [2.05, 4.69) is 38.6 Å². The Labute approximate surface area is 155 Å². The van der Waals surface area contributed by atoms with Crippen molar-refractivity contribution in [3.63, 3.8) is 0 Å². The van der Waals surface area contributed by atoms with E-state index < -0.39 is 0 Å². The van der Waals surface area contributed by atoms with E-state index in [0.29, 0.717) is 13.1 Å². The zero-order valence-electron chi connectivity index (χ0n) is 15.8. The lowest BCUT2D eigenvalue weighted by atomic mass is 10.1. The molecule has 140 valence electrons. The Morgan fingerprint density at radius 3 is 2.73 bits per heavy atom. The molecule has 7 heteroatoms. The average Bonchev–Trinajstić information content (AvgIpc) is 3.10. The molecule has 0 saturated carbocycles. The highest BCUT2D eigenvalue weighted by atomic mass is 15.3. The molecule has 1 saturated heterocycles. The molecule has 3 rings (SSSR count). The van der Waals surface area contributed by atoms with Crippen LogP contribution in [0.2, 0.25) is 0 Å². The standard InChI is InChI=1S/C19H29N7/c1-3-20-19(23-15-17-8-10-24-25(17)2)22-14-16-7-9-21-18(13-16)26-11-5-4-6-12-26/h7-10,13H,3-6,11-12,14-15H2,1-2H3,(H2,20,22,23). The Morgan fingerprint density at radius 1 is 1.15 bits per heavy atom. The minimum Gasteiger partial charge on any atom is -0.357 e. The Hall–Kier alpha value is -2.57. The first kappa shape index (κ1) is 18.2. The molecule has 0 unspecified atom stereocenters. The van der Waals surface area contributed by atoms with Gasteiger partial charge in [-0.2, -0.15) is 5.10 Å². The topological polar surface area (TPSA) is 70.4 Å². The van der Waals surface area contributed by atoms with E-state index in [1.54, 1.807) is 6.20 Å². The molecule has 7 nitrogen and oxygen atoms in total. The fraction of sp³-hybridized carbons (Fsp3) is 0.526. The average molecular weight is 355 g/mol.